The topological polar surface area (TPSA) is 17.1 Å². The largest absolute Gasteiger partial charge is 0.294 e. The molecule has 0 amide bonds. The Labute approximate surface area is 118 Å². The second kappa shape index (κ2) is 5.61. The second-order valence-electron chi connectivity index (χ2n) is 4.27. The van der Waals surface area contributed by atoms with Gasteiger partial charge >= 0.3 is 0 Å². The molecule has 0 aliphatic rings. The Morgan fingerprint density at radius 1 is 1.21 bits per heavy atom. The van der Waals surface area contributed by atoms with E-state index in [1.807, 2.05) is 6.07 Å². The fraction of sp³-hybridized carbons (Fsp3) is 0.133. The van der Waals surface area contributed by atoms with Crippen molar-refractivity contribution in [3.8, 4) is 0 Å². The van der Waals surface area contributed by atoms with E-state index >= 15 is 0 Å². The molecule has 0 radical (unpaired) electrons. The zero-order valence-corrected chi connectivity index (χ0v) is 11.8. The Balaban J connectivity index is 2.28. The molecule has 2 aromatic carbocycles. The van der Waals surface area contributed by atoms with E-state index < -0.39 is 11.6 Å². The molecule has 19 heavy (non-hydrogen) atoms. The Kier molecular flexibility index (Phi) is 4.10. The minimum absolute atomic E-state index is 0.0762. The molecule has 0 saturated heterocycles. The summed E-state index contributed by atoms with van der Waals surface area (Å²) in [7, 11) is 0. The zero-order valence-electron chi connectivity index (χ0n) is 10.2. The number of benzene rings is 2. The van der Waals surface area contributed by atoms with Crippen LogP contribution in [-0.2, 0) is 6.42 Å². The van der Waals surface area contributed by atoms with Gasteiger partial charge in [0.25, 0.3) is 0 Å². The van der Waals surface area contributed by atoms with Gasteiger partial charge in [0.15, 0.2) is 17.4 Å². The highest BCUT2D eigenvalue weighted by molar-refractivity contribution is 9.10. The predicted octanol–water partition coefficient (Wildman–Crippen LogP) is 4.46. The van der Waals surface area contributed by atoms with Crippen molar-refractivity contribution in [1.82, 2.24) is 0 Å². The van der Waals surface area contributed by atoms with Crippen LogP contribution in [0.5, 0.6) is 0 Å². The Bertz CT molecular complexity index is 638. The maximum atomic E-state index is 13.5. The lowest BCUT2D eigenvalue weighted by molar-refractivity contribution is 0.0991. The van der Waals surface area contributed by atoms with Crippen LogP contribution in [0.3, 0.4) is 0 Å². The van der Waals surface area contributed by atoms with E-state index in [4.69, 9.17) is 0 Å². The maximum absolute atomic E-state index is 13.5. The first kappa shape index (κ1) is 13.9. The van der Waals surface area contributed by atoms with E-state index in [0.717, 1.165) is 16.1 Å². The summed E-state index contributed by atoms with van der Waals surface area (Å²) in [6, 6.07) is 9.10. The van der Waals surface area contributed by atoms with Crippen LogP contribution >= 0.6 is 15.9 Å². The SMILES string of the molecule is Cc1cc(Br)ccc1C(=O)Cc1cccc(F)c1F. The molecule has 0 bridgehead atoms. The lowest BCUT2D eigenvalue weighted by Gasteiger charge is -2.07. The van der Waals surface area contributed by atoms with Gasteiger partial charge in [0.2, 0.25) is 0 Å². The van der Waals surface area contributed by atoms with Crippen LogP contribution < -0.4 is 0 Å². The standard InChI is InChI=1S/C15H11BrF2O/c1-9-7-11(16)5-6-12(9)14(19)8-10-3-2-4-13(17)15(10)18/h2-7H,8H2,1H3. The lowest BCUT2D eigenvalue weighted by Crippen LogP contribution is -2.07. The predicted molar refractivity (Wildman–Crippen MR) is 73.3 cm³/mol. The molecule has 0 aliphatic heterocycles. The summed E-state index contributed by atoms with van der Waals surface area (Å²) in [5, 5.41) is 0. The van der Waals surface area contributed by atoms with Gasteiger partial charge in [0, 0.05) is 16.5 Å². The van der Waals surface area contributed by atoms with E-state index in [0.29, 0.717) is 5.56 Å². The molecular weight excluding hydrogens is 314 g/mol. The first-order chi connectivity index (χ1) is 8.99. The molecule has 98 valence electrons. The van der Waals surface area contributed by atoms with Gasteiger partial charge in [0.1, 0.15) is 0 Å². The smallest absolute Gasteiger partial charge is 0.167 e. The minimum atomic E-state index is -0.953. The van der Waals surface area contributed by atoms with Gasteiger partial charge in [-0.2, -0.15) is 0 Å². The number of aryl methyl sites for hydroxylation is 1. The van der Waals surface area contributed by atoms with Gasteiger partial charge in [-0.15, -0.1) is 0 Å². The van der Waals surface area contributed by atoms with Crippen LogP contribution in [0.15, 0.2) is 40.9 Å². The number of hydrogen-bond donors (Lipinski definition) is 0. The normalized spacial score (nSPS) is 10.5. The number of Topliss-reactive ketones (excluding diaryl/α,β-unsaturated/α-hetero) is 1. The summed E-state index contributed by atoms with van der Waals surface area (Å²) in [6.07, 6.45) is -0.147. The van der Waals surface area contributed by atoms with Crippen molar-refractivity contribution in [3.63, 3.8) is 0 Å². The Morgan fingerprint density at radius 2 is 1.95 bits per heavy atom. The van der Waals surface area contributed by atoms with Gasteiger partial charge in [0.05, 0.1) is 0 Å². The number of hydrogen-bond acceptors (Lipinski definition) is 1. The summed E-state index contributed by atoms with van der Waals surface area (Å²) in [5.74, 6) is -2.11. The van der Waals surface area contributed by atoms with Gasteiger partial charge in [-0.05, 0) is 36.2 Å². The van der Waals surface area contributed by atoms with Crippen LogP contribution in [0.4, 0.5) is 8.78 Å². The number of rotatable bonds is 3. The molecule has 0 aromatic heterocycles. The first-order valence-electron chi connectivity index (χ1n) is 5.71. The zero-order chi connectivity index (χ0) is 14.0. The van der Waals surface area contributed by atoms with E-state index in [-0.39, 0.29) is 17.8 Å². The molecule has 2 rings (SSSR count). The third-order valence-electron chi connectivity index (χ3n) is 2.87. The lowest BCUT2D eigenvalue weighted by atomic mass is 9.99. The average Bonchev–Trinajstić information content (AvgIpc) is 2.34. The van der Waals surface area contributed by atoms with Crippen molar-refractivity contribution in [2.24, 2.45) is 0 Å². The summed E-state index contributed by atoms with van der Waals surface area (Å²) in [4.78, 5) is 12.1. The summed E-state index contributed by atoms with van der Waals surface area (Å²) >= 11 is 3.31. The number of halogens is 3. The van der Waals surface area contributed by atoms with Crippen molar-refractivity contribution >= 4 is 21.7 Å². The van der Waals surface area contributed by atoms with Gasteiger partial charge in [-0.25, -0.2) is 8.78 Å². The molecule has 0 aliphatic carbocycles. The van der Waals surface area contributed by atoms with E-state index in [1.54, 1.807) is 19.1 Å². The highest BCUT2D eigenvalue weighted by Gasteiger charge is 2.14. The quantitative estimate of drug-likeness (QED) is 0.762. The fourth-order valence-corrected chi connectivity index (χ4v) is 2.37. The fourth-order valence-electron chi connectivity index (χ4n) is 1.89. The Morgan fingerprint density at radius 3 is 2.63 bits per heavy atom. The molecule has 0 saturated carbocycles. The molecule has 4 heteroatoms. The van der Waals surface area contributed by atoms with Crippen LogP contribution in [0.1, 0.15) is 21.5 Å². The van der Waals surface area contributed by atoms with E-state index in [9.17, 15) is 13.6 Å². The van der Waals surface area contributed by atoms with E-state index in [2.05, 4.69) is 15.9 Å². The van der Waals surface area contributed by atoms with Crippen LogP contribution in [0, 0.1) is 18.6 Å². The monoisotopic (exact) mass is 324 g/mol. The third kappa shape index (κ3) is 3.07. The highest BCUT2D eigenvalue weighted by atomic mass is 79.9. The molecule has 0 heterocycles. The summed E-state index contributed by atoms with van der Waals surface area (Å²) in [6.45, 7) is 1.81. The molecule has 0 fully saturated rings. The molecular formula is C15H11BrF2O. The molecule has 2 aromatic rings. The van der Waals surface area contributed by atoms with Gasteiger partial charge < -0.3 is 0 Å². The molecule has 0 N–H and O–H groups in total. The third-order valence-corrected chi connectivity index (χ3v) is 3.36. The number of ketones is 1. The van der Waals surface area contributed by atoms with Crippen molar-refractivity contribution in [1.29, 1.82) is 0 Å². The molecule has 0 spiro atoms. The minimum Gasteiger partial charge on any atom is -0.294 e. The van der Waals surface area contributed by atoms with Crippen molar-refractivity contribution in [3.05, 3.63) is 69.2 Å². The number of carbonyl (C=O) groups excluding carboxylic acids is 1. The van der Waals surface area contributed by atoms with Crippen LogP contribution in [-0.4, -0.2) is 5.78 Å². The summed E-state index contributed by atoms with van der Waals surface area (Å²) in [5.41, 5.74) is 1.40. The van der Waals surface area contributed by atoms with Gasteiger partial charge in [-0.3, -0.25) is 4.79 Å². The van der Waals surface area contributed by atoms with Crippen LogP contribution in [0.2, 0.25) is 0 Å². The molecule has 1 nitrogen and oxygen atoms in total. The highest BCUT2D eigenvalue weighted by Crippen LogP contribution is 2.19. The average molecular weight is 325 g/mol. The van der Waals surface area contributed by atoms with Gasteiger partial charge in [-0.1, -0.05) is 34.1 Å². The Hall–Kier alpha value is -1.55. The van der Waals surface area contributed by atoms with Crippen molar-refractivity contribution < 1.29 is 13.6 Å². The first-order valence-corrected chi connectivity index (χ1v) is 6.50. The maximum Gasteiger partial charge on any atom is 0.167 e. The second-order valence-corrected chi connectivity index (χ2v) is 5.19. The van der Waals surface area contributed by atoms with E-state index in [1.165, 1.54) is 12.1 Å². The van der Waals surface area contributed by atoms with Crippen molar-refractivity contribution in [2.75, 3.05) is 0 Å². The summed E-state index contributed by atoms with van der Waals surface area (Å²) < 4.78 is 27.5. The molecule has 0 unspecified atom stereocenters. The number of carbonyl (C=O) groups is 1. The van der Waals surface area contributed by atoms with Crippen LogP contribution in [0.25, 0.3) is 0 Å². The van der Waals surface area contributed by atoms with Crippen molar-refractivity contribution in [2.45, 2.75) is 13.3 Å². The molecule has 0 atom stereocenters.